The average Bonchev–Trinajstić information content (AvgIpc) is 3.58. The molecule has 0 N–H and O–H groups in total. The van der Waals surface area contributed by atoms with Crippen LogP contribution in [0.2, 0.25) is 0 Å². The molecular weight excluding hydrogens is 617 g/mol. The Hall–Kier alpha value is -6.30. The van der Waals surface area contributed by atoms with E-state index in [-0.39, 0.29) is 0 Å². The Labute approximate surface area is 288 Å². The van der Waals surface area contributed by atoms with Crippen molar-refractivity contribution < 1.29 is 0 Å². The van der Waals surface area contributed by atoms with Gasteiger partial charge in [-0.2, -0.15) is 0 Å². The number of thiophene rings is 1. The molecule has 6 aromatic carbocycles. The Bertz CT molecular complexity index is 2470. The minimum absolute atomic E-state index is 0.703. The Morgan fingerprint density at radius 3 is 1.37 bits per heavy atom. The summed E-state index contributed by atoms with van der Waals surface area (Å²) < 4.78 is 2.33. The van der Waals surface area contributed by atoms with Gasteiger partial charge in [-0.25, -0.2) is 19.9 Å². The first kappa shape index (κ1) is 28.9. The molecule has 3 aromatic heterocycles. The van der Waals surface area contributed by atoms with Gasteiger partial charge in [0.25, 0.3) is 0 Å². The van der Waals surface area contributed by atoms with E-state index in [4.69, 9.17) is 19.9 Å². The van der Waals surface area contributed by atoms with E-state index >= 15 is 0 Å². The third-order valence-electron chi connectivity index (χ3n) is 8.73. The van der Waals surface area contributed by atoms with E-state index in [9.17, 15) is 0 Å². The Morgan fingerprint density at radius 2 is 0.796 bits per heavy atom. The van der Waals surface area contributed by atoms with Crippen LogP contribution in [0, 0.1) is 0 Å². The van der Waals surface area contributed by atoms with Crippen LogP contribution in [0.3, 0.4) is 0 Å². The summed E-state index contributed by atoms with van der Waals surface area (Å²) in [5.41, 5.74) is 9.80. The highest BCUT2D eigenvalue weighted by Crippen LogP contribution is 2.44. The van der Waals surface area contributed by atoms with E-state index in [2.05, 4.69) is 97.1 Å². The van der Waals surface area contributed by atoms with Crippen LogP contribution >= 0.6 is 11.3 Å². The molecular formula is C44H28N4S. The van der Waals surface area contributed by atoms with Crippen molar-refractivity contribution in [2.75, 3.05) is 0 Å². The zero-order chi connectivity index (χ0) is 32.6. The standard InChI is InChI=1S/C44H28N4S/c1-5-15-29(16-6-1)36-27-37(30-17-7-2-8-18-30)47-44(46-36)35-25-13-24-34-41-33(23-14-26-40(41)49-42(34)35)39-28-38(31-19-9-3-10-20-31)45-43(48-39)32-21-11-4-12-22-32/h1-28H. The number of rotatable bonds is 6. The number of hydrogen-bond acceptors (Lipinski definition) is 5. The molecule has 9 aromatic rings. The van der Waals surface area contributed by atoms with E-state index in [0.717, 1.165) is 66.2 Å². The quantitative estimate of drug-likeness (QED) is 0.181. The first-order valence-electron chi connectivity index (χ1n) is 16.2. The van der Waals surface area contributed by atoms with Crippen LogP contribution in [-0.4, -0.2) is 19.9 Å². The van der Waals surface area contributed by atoms with E-state index in [1.165, 1.54) is 10.1 Å². The van der Waals surface area contributed by atoms with Crippen LogP contribution in [0.1, 0.15) is 0 Å². The summed E-state index contributed by atoms with van der Waals surface area (Å²) in [4.78, 5) is 20.5. The van der Waals surface area contributed by atoms with E-state index < -0.39 is 0 Å². The van der Waals surface area contributed by atoms with Crippen molar-refractivity contribution in [3.8, 4) is 67.8 Å². The molecule has 0 saturated heterocycles. The normalized spacial score (nSPS) is 11.3. The highest BCUT2D eigenvalue weighted by molar-refractivity contribution is 7.26. The average molecular weight is 645 g/mol. The molecule has 0 saturated carbocycles. The maximum atomic E-state index is 5.18. The van der Waals surface area contributed by atoms with Crippen LogP contribution in [-0.2, 0) is 0 Å². The second-order valence-corrected chi connectivity index (χ2v) is 12.9. The topological polar surface area (TPSA) is 51.6 Å². The molecule has 0 atom stereocenters. The molecule has 9 rings (SSSR count). The van der Waals surface area contributed by atoms with Crippen molar-refractivity contribution in [1.29, 1.82) is 0 Å². The second-order valence-electron chi connectivity index (χ2n) is 11.9. The van der Waals surface area contributed by atoms with Gasteiger partial charge in [0.15, 0.2) is 11.6 Å². The molecule has 49 heavy (non-hydrogen) atoms. The number of benzene rings is 6. The molecule has 0 unspecified atom stereocenters. The van der Waals surface area contributed by atoms with E-state index in [1.807, 2.05) is 72.8 Å². The molecule has 0 spiro atoms. The SMILES string of the molecule is c1ccc(-c2cc(-c3cccc4sc5c(-c6nc(-c7ccccc7)cc(-c7ccccc7)n6)cccc5c34)nc(-c3ccccc3)n2)cc1. The Kier molecular flexibility index (Phi) is 7.30. The van der Waals surface area contributed by atoms with Crippen LogP contribution in [0.4, 0.5) is 0 Å². The predicted molar refractivity (Wildman–Crippen MR) is 203 cm³/mol. The number of aromatic nitrogens is 4. The molecule has 0 aliphatic rings. The van der Waals surface area contributed by atoms with Gasteiger partial charge < -0.3 is 0 Å². The molecule has 0 bridgehead atoms. The van der Waals surface area contributed by atoms with Crippen molar-refractivity contribution in [2.24, 2.45) is 0 Å². The highest BCUT2D eigenvalue weighted by Gasteiger charge is 2.19. The van der Waals surface area contributed by atoms with Crippen molar-refractivity contribution in [2.45, 2.75) is 0 Å². The van der Waals surface area contributed by atoms with Gasteiger partial charge >= 0.3 is 0 Å². The molecule has 0 aliphatic carbocycles. The van der Waals surface area contributed by atoms with Crippen LogP contribution in [0.5, 0.6) is 0 Å². The van der Waals surface area contributed by atoms with Gasteiger partial charge in [0.1, 0.15) is 0 Å². The van der Waals surface area contributed by atoms with Gasteiger partial charge in [-0.05, 0) is 24.3 Å². The summed E-state index contributed by atoms with van der Waals surface area (Å²) in [5, 5.41) is 2.33. The maximum Gasteiger partial charge on any atom is 0.161 e. The predicted octanol–water partition coefficient (Wildman–Crippen LogP) is 11.6. The summed E-state index contributed by atoms with van der Waals surface area (Å²) in [6, 6.07) is 58.3. The lowest BCUT2D eigenvalue weighted by Crippen LogP contribution is -1.96. The molecule has 0 amide bonds. The van der Waals surface area contributed by atoms with Crippen LogP contribution in [0.15, 0.2) is 170 Å². The number of fused-ring (bicyclic) bond motifs is 3. The number of hydrogen-bond donors (Lipinski definition) is 0. The molecule has 230 valence electrons. The Morgan fingerprint density at radius 1 is 0.347 bits per heavy atom. The van der Waals surface area contributed by atoms with Crippen molar-refractivity contribution in [3.05, 3.63) is 170 Å². The summed E-state index contributed by atoms with van der Waals surface area (Å²) in [6.45, 7) is 0. The van der Waals surface area contributed by atoms with Gasteiger partial charge in [0.05, 0.1) is 22.8 Å². The summed E-state index contributed by atoms with van der Waals surface area (Å²) in [7, 11) is 0. The monoisotopic (exact) mass is 644 g/mol. The zero-order valence-corrected chi connectivity index (χ0v) is 27.2. The van der Waals surface area contributed by atoms with E-state index in [1.54, 1.807) is 11.3 Å². The zero-order valence-electron chi connectivity index (χ0n) is 26.4. The van der Waals surface area contributed by atoms with Crippen molar-refractivity contribution in [1.82, 2.24) is 19.9 Å². The van der Waals surface area contributed by atoms with Gasteiger partial charge in [0, 0.05) is 53.6 Å². The molecule has 0 fully saturated rings. The second kappa shape index (κ2) is 12.4. The van der Waals surface area contributed by atoms with Gasteiger partial charge in [-0.1, -0.05) is 146 Å². The third-order valence-corrected chi connectivity index (χ3v) is 9.94. The highest BCUT2D eigenvalue weighted by atomic mass is 32.1. The molecule has 4 nitrogen and oxygen atoms in total. The summed E-state index contributed by atoms with van der Waals surface area (Å²) in [6.07, 6.45) is 0. The lowest BCUT2D eigenvalue weighted by Gasteiger charge is -2.11. The van der Waals surface area contributed by atoms with Gasteiger partial charge in [0.2, 0.25) is 0 Å². The van der Waals surface area contributed by atoms with Crippen molar-refractivity contribution >= 4 is 31.5 Å². The van der Waals surface area contributed by atoms with Gasteiger partial charge in [-0.15, -0.1) is 11.3 Å². The lowest BCUT2D eigenvalue weighted by molar-refractivity contribution is 1.19. The summed E-state index contributed by atoms with van der Waals surface area (Å²) in [5.74, 6) is 1.41. The smallest absolute Gasteiger partial charge is 0.161 e. The van der Waals surface area contributed by atoms with E-state index in [0.29, 0.717) is 11.6 Å². The van der Waals surface area contributed by atoms with Crippen LogP contribution in [0.25, 0.3) is 88.0 Å². The van der Waals surface area contributed by atoms with Crippen LogP contribution < -0.4 is 0 Å². The summed E-state index contributed by atoms with van der Waals surface area (Å²) >= 11 is 1.77. The molecule has 5 heteroatoms. The minimum Gasteiger partial charge on any atom is -0.228 e. The van der Waals surface area contributed by atoms with Gasteiger partial charge in [-0.3, -0.25) is 0 Å². The van der Waals surface area contributed by atoms with Crippen molar-refractivity contribution in [3.63, 3.8) is 0 Å². The minimum atomic E-state index is 0.703. The maximum absolute atomic E-state index is 5.18. The first-order valence-corrected chi connectivity index (χ1v) is 17.0. The fraction of sp³-hybridized carbons (Fsp3) is 0. The lowest BCUT2D eigenvalue weighted by atomic mass is 10.00. The Balaban J connectivity index is 1.26. The largest absolute Gasteiger partial charge is 0.228 e. The molecule has 0 aliphatic heterocycles. The fourth-order valence-corrected chi connectivity index (χ4v) is 7.61. The molecule has 3 heterocycles. The fourth-order valence-electron chi connectivity index (χ4n) is 6.38. The number of nitrogens with zero attached hydrogens (tertiary/aromatic N) is 4. The first-order chi connectivity index (χ1) is 24.3. The third kappa shape index (κ3) is 5.46. The molecule has 0 radical (unpaired) electrons.